The van der Waals surface area contributed by atoms with E-state index in [0.29, 0.717) is 5.41 Å². The summed E-state index contributed by atoms with van der Waals surface area (Å²) >= 11 is 0. The lowest BCUT2D eigenvalue weighted by Crippen LogP contribution is -2.44. The van der Waals surface area contributed by atoms with Gasteiger partial charge < -0.3 is 10.5 Å². The van der Waals surface area contributed by atoms with Crippen LogP contribution in [0.4, 0.5) is 5.69 Å². The first-order chi connectivity index (χ1) is 7.77. The molecule has 1 heterocycles. The van der Waals surface area contributed by atoms with Gasteiger partial charge in [0, 0.05) is 11.1 Å². The van der Waals surface area contributed by atoms with E-state index >= 15 is 0 Å². The summed E-state index contributed by atoms with van der Waals surface area (Å²) in [6.07, 6.45) is 5.30. The van der Waals surface area contributed by atoms with Gasteiger partial charge in [0.2, 0.25) is 0 Å². The molecule has 0 amide bonds. The maximum Gasteiger partial charge on any atom is 0.0544 e. The van der Waals surface area contributed by atoms with E-state index in [4.69, 9.17) is 10.5 Å². The Morgan fingerprint density at radius 1 is 1.06 bits per heavy atom. The molecule has 2 fully saturated rings. The number of benzene rings is 1. The Labute approximate surface area is 96.8 Å². The summed E-state index contributed by atoms with van der Waals surface area (Å²) in [7, 11) is 0. The van der Waals surface area contributed by atoms with E-state index in [1.54, 1.807) is 0 Å². The summed E-state index contributed by atoms with van der Waals surface area (Å²) in [5.41, 5.74) is 8.60. The predicted octanol–water partition coefficient (Wildman–Crippen LogP) is 2.94. The minimum Gasteiger partial charge on any atom is -0.399 e. The van der Waals surface area contributed by atoms with Crippen molar-refractivity contribution in [2.75, 3.05) is 18.9 Å². The molecule has 0 radical (unpaired) electrons. The topological polar surface area (TPSA) is 35.2 Å². The van der Waals surface area contributed by atoms with Crippen LogP contribution in [0.25, 0.3) is 0 Å². The van der Waals surface area contributed by atoms with Crippen LogP contribution >= 0.6 is 0 Å². The molecule has 1 saturated carbocycles. The molecule has 0 unspecified atom stereocenters. The lowest BCUT2D eigenvalue weighted by molar-refractivity contribution is -0.132. The summed E-state index contributed by atoms with van der Waals surface area (Å²) in [4.78, 5) is 0. The molecule has 1 aliphatic heterocycles. The molecular weight excluding hydrogens is 198 g/mol. The number of hydrogen-bond acceptors (Lipinski definition) is 2. The molecule has 2 heteroatoms. The van der Waals surface area contributed by atoms with Gasteiger partial charge in [-0.3, -0.25) is 0 Å². The van der Waals surface area contributed by atoms with E-state index in [-0.39, 0.29) is 0 Å². The average Bonchev–Trinajstić information content (AvgIpc) is 2.28. The van der Waals surface area contributed by atoms with Gasteiger partial charge in [0.15, 0.2) is 0 Å². The van der Waals surface area contributed by atoms with E-state index in [9.17, 15) is 0 Å². The molecule has 2 aliphatic rings. The summed E-state index contributed by atoms with van der Waals surface area (Å²) in [5, 5.41) is 0. The minimum atomic E-state index is 0.560. The third-order valence-corrected chi connectivity index (χ3v) is 4.27. The first kappa shape index (κ1) is 10.2. The third-order valence-electron chi connectivity index (χ3n) is 4.27. The Kier molecular flexibility index (Phi) is 2.40. The number of hydrogen-bond donors (Lipinski definition) is 1. The molecule has 3 rings (SSSR count). The van der Waals surface area contributed by atoms with Gasteiger partial charge in [0.25, 0.3) is 0 Å². The van der Waals surface area contributed by atoms with Crippen LogP contribution in [0.1, 0.15) is 37.2 Å². The number of anilines is 1. The largest absolute Gasteiger partial charge is 0.399 e. The van der Waals surface area contributed by atoms with Crippen molar-refractivity contribution in [2.45, 2.75) is 31.6 Å². The molecule has 1 aromatic carbocycles. The van der Waals surface area contributed by atoms with Crippen molar-refractivity contribution in [3.05, 3.63) is 29.8 Å². The SMILES string of the molecule is Nc1ccc(C2CCC3(CC2)COC3)cc1. The van der Waals surface area contributed by atoms with Crippen molar-refractivity contribution in [2.24, 2.45) is 5.41 Å². The molecule has 1 spiro atoms. The van der Waals surface area contributed by atoms with Crippen molar-refractivity contribution >= 4 is 5.69 Å². The fourth-order valence-corrected chi connectivity index (χ4v) is 3.01. The highest BCUT2D eigenvalue weighted by molar-refractivity contribution is 5.40. The number of nitrogen functional groups attached to an aromatic ring is 1. The summed E-state index contributed by atoms with van der Waals surface area (Å²) in [5.74, 6) is 0.742. The van der Waals surface area contributed by atoms with Crippen LogP contribution in [0.3, 0.4) is 0 Å². The van der Waals surface area contributed by atoms with Crippen LogP contribution in [-0.2, 0) is 4.74 Å². The molecule has 2 nitrogen and oxygen atoms in total. The van der Waals surface area contributed by atoms with Crippen LogP contribution in [0.5, 0.6) is 0 Å². The fourth-order valence-electron chi connectivity index (χ4n) is 3.01. The van der Waals surface area contributed by atoms with Crippen molar-refractivity contribution < 1.29 is 4.74 Å². The molecule has 1 saturated heterocycles. The smallest absolute Gasteiger partial charge is 0.0544 e. The van der Waals surface area contributed by atoms with Gasteiger partial charge in [-0.2, -0.15) is 0 Å². The highest BCUT2D eigenvalue weighted by Gasteiger charge is 2.41. The summed E-state index contributed by atoms with van der Waals surface area (Å²) in [6.45, 7) is 2.00. The normalized spacial score (nSPS) is 24.2. The van der Waals surface area contributed by atoms with Crippen molar-refractivity contribution in [1.82, 2.24) is 0 Å². The van der Waals surface area contributed by atoms with Crippen molar-refractivity contribution in [1.29, 1.82) is 0 Å². The molecule has 1 aliphatic carbocycles. The minimum absolute atomic E-state index is 0.560. The third kappa shape index (κ3) is 1.71. The van der Waals surface area contributed by atoms with Gasteiger partial charge in [-0.25, -0.2) is 0 Å². The number of nitrogens with two attached hydrogens (primary N) is 1. The van der Waals surface area contributed by atoms with Crippen LogP contribution in [-0.4, -0.2) is 13.2 Å². The lowest BCUT2D eigenvalue weighted by atomic mass is 9.68. The molecular formula is C14H19NO. The number of rotatable bonds is 1. The molecule has 0 atom stereocenters. The van der Waals surface area contributed by atoms with Gasteiger partial charge in [0.05, 0.1) is 13.2 Å². The molecule has 86 valence electrons. The predicted molar refractivity (Wildman–Crippen MR) is 65.3 cm³/mol. The first-order valence-electron chi connectivity index (χ1n) is 6.21. The summed E-state index contributed by atoms with van der Waals surface area (Å²) in [6, 6.07) is 8.42. The maximum atomic E-state index is 5.71. The van der Waals surface area contributed by atoms with E-state index < -0.39 is 0 Å². The summed E-state index contributed by atoms with van der Waals surface area (Å²) < 4.78 is 5.36. The van der Waals surface area contributed by atoms with Gasteiger partial charge in [-0.1, -0.05) is 12.1 Å². The van der Waals surface area contributed by atoms with Gasteiger partial charge in [-0.05, 0) is 49.3 Å². The monoisotopic (exact) mass is 217 g/mol. The number of ether oxygens (including phenoxy) is 1. The highest BCUT2D eigenvalue weighted by atomic mass is 16.5. The Morgan fingerprint density at radius 2 is 1.69 bits per heavy atom. The second kappa shape index (κ2) is 3.77. The Balaban J connectivity index is 1.67. The van der Waals surface area contributed by atoms with Gasteiger partial charge >= 0.3 is 0 Å². The Bertz CT molecular complexity index is 357. The first-order valence-corrected chi connectivity index (χ1v) is 6.21. The van der Waals surface area contributed by atoms with Crippen LogP contribution in [0, 0.1) is 5.41 Å². The molecule has 1 aromatic rings. The second-order valence-corrected chi connectivity index (χ2v) is 5.43. The molecule has 16 heavy (non-hydrogen) atoms. The van der Waals surface area contributed by atoms with E-state index in [1.165, 1.54) is 31.2 Å². The molecule has 0 bridgehead atoms. The van der Waals surface area contributed by atoms with Crippen LogP contribution < -0.4 is 5.73 Å². The lowest BCUT2D eigenvalue weighted by Gasteiger charge is -2.46. The maximum absolute atomic E-state index is 5.71. The zero-order valence-corrected chi connectivity index (χ0v) is 9.61. The second-order valence-electron chi connectivity index (χ2n) is 5.43. The van der Waals surface area contributed by atoms with Crippen molar-refractivity contribution in [3.8, 4) is 0 Å². The zero-order chi connectivity index (χ0) is 11.0. The van der Waals surface area contributed by atoms with E-state index in [0.717, 1.165) is 24.8 Å². The van der Waals surface area contributed by atoms with Gasteiger partial charge in [0.1, 0.15) is 0 Å². The highest BCUT2D eigenvalue weighted by Crippen LogP contribution is 2.47. The molecule has 0 aromatic heterocycles. The van der Waals surface area contributed by atoms with E-state index in [2.05, 4.69) is 12.1 Å². The van der Waals surface area contributed by atoms with Crippen LogP contribution in [0.15, 0.2) is 24.3 Å². The van der Waals surface area contributed by atoms with Gasteiger partial charge in [-0.15, -0.1) is 0 Å². The van der Waals surface area contributed by atoms with Crippen LogP contribution in [0.2, 0.25) is 0 Å². The zero-order valence-electron chi connectivity index (χ0n) is 9.61. The molecule has 2 N–H and O–H groups in total. The van der Waals surface area contributed by atoms with E-state index in [1.807, 2.05) is 12.1 Å². The Hall–Kier alpha value is -1.02. The van der Waals surface area contributed by atoms with Crippen molar-refractivity contribution in [3.63, 3.8) is 0 Å². The fraction of sp³-hybridized carbons (Fsp3) is 0.571. The standard InChI is InChI=1S/C14H19NO/c15-13-3-1-11(2-4-13)12-5-7-14(8-6-12)9-16-10-14/h1-4,12H,5-10,15H2. The average molecular weight is 217 g/mol. The quantitative estimate of drug-likeness (QED) is 0.734. The Morgan fingerprint density at radius 3 is 2.19 bits per heavy atom.